The molecular weight excluding hydrogens is 318 g/mol. The van der Waals surface area contributed by atoms with Crippen LogP contribution in [0.5, 0.6) is 0 Å². The first-order chi connectivity index (χ1) is 12.8. The number of hydrogen-bond donors (Lipinski definition) is 1. The van der Waals surface area contributed by atoms with Gasteiger partial charge in [-0.1, -0.05) is 48.5 Å². The van der Waals surface area contributed by atoms with Gasteiger partial charge >= 0.3 is 0 Å². The molecule has 3 aromatic carbocycles. The van der Waals surface area contributed by atoms with Crippen LogP contribution >= 0.6 is 0 Å². The van der Waals surface area contributed by atoms with Crippen molar-refractivity contribution in [2.75, 3.05) is 6.54 Å². The molecule has 4 aromatic rings. The normalized spacial score (nSPS) is 13.7. The summed E-state index contributed by atoms with van der Waals surface area (Å²) in [4.78, 5) is 0. The summed E-state index contributed by atoms with van der Waals surface area (Å²) in [6.07, 6.45) is 2.04. The van der Waals surface area contributed by atoms with Gasteiger partial charge in [-0.15, -0.1) is 0 Å². The number of fused-ring (bicyclic) bond motifs is 2. The average Bonchev–Trinajstić information content (AvgIpc) is 3.12. The van der Waals surface area contributed by atoms with Gasteiger partial charge < -0.3 is 9.73 Å². The zero-order valence-electron chi connectivity index (χ0n) is 14.7. The highest BCUT2D eigenvalue weighted by molar-refractivity contribution is 5.83. The number of furan rings is 1. The first-order valence-corrected chi connectivity index (χ1v) is 9.24. The lowest BCUT2D eigenvalue weighted by molar-refractivity contribution is 0.628. The van der Waals surface area contributed by atoms with E-state index in [9.17, 15) is 0 Å². The Morgan fingerprint density at radius 3 is 2.65 bits per heavy atom. The lowest BCUT2D eigenvalue weighted by Gasteiger charge is -2.17. The number of rotatable bonds is 3. The number of benzene rings is 3. The lowest BCUT2D eigenvalue weighted by atomic mass is 9.97. The van der Waals surface area contributed by atoms with Gasteiger partial charge in [0.2, 0.25) is 0 Å². The molecule has 1 aromatic heterocycles. The molecule has 0 unspecified atom stereocenters. The summed E-state index contributed by atoms with van der Waals surface area (Å²) in [7, 11) is 0. The van der Waals surface area contributed by atoms with Gasteiger partial charge in [-0.3, -0.25) is 0 Å². The van der Waals surface area contributed by atoms with E-state index in [1.54, 1.807) is 0 Å². The summed E-state index contributed by atoms with van der Waals surface area (Å²) in [5, 5.41) is 4.60. The average molecular weight is 339 g/mol. The molecule has 5 rings (SSSR count). The van der Waals surface area contributed by atoms with Crippen molar-refractivity contribution < 1.29 is 4.42 Å². The highest BCUT2D eigenvalue weighted by Gasteiger charge is 2.12. The van der Waals surface area contributed by atoms with Crippen LogP contribution in [0.2, 0.25) is 0 Å². The Hall–Kier alpha value is -2.84. The highest BCUT2D eigenvalue weighted by Crippen LogP contribution is 2.30. The second-order valence-corrected chi connectivity index (χ2v) is 7.06. The van der Waals surface area contributed by atoms with E-state index in [1.807, 2.05) is 0 Å². The Kier molecular flexibility index (Phi) is 3.84. The lowest BCUT2D eigenvalue weighted by Crippen LogP contribution is -2.23. The summed E-state index contributed by atoms with van der Waals surface area (Å²) >= 11 is 0. The van der Waals surface area contributed by atoms with Gasteiger partial charge in [0.05, 0.1) is 0 Å². The van der Waals surface area contributed by atoms with E-state index in [0.717, 1.165) is 37.3 Å². The first-order valence-electron chi connectivity index (χ1n) is 9.24. The van der Waals surface area contributed by atoms with Crippen LogP contribution in [-0.2, 0) is 19.4 Å². The van der Waals surface area contributed by atoms with Crippen LogP contribution < -0.4 is 5.32 Å². The third kappa shape index (κ3) is 2.93. The van der Waals surface area contributed by atoms with Gasteiger partial charge in [0.15, 0.2) is 0 Å². The fraction of sp³-hybridized carbons (Fsp3) is 0.167. The molecule has 2 nitrogen and oxygen atoms in total. The van der Waals surface area contributed by atoms with Crippen molar-refractivity contribution in [2.45, 2.75) is 19.4 Å². The molecule has 0 atom stereocenters. The monoisotopic (exact) mass is 339 g/mol. The standard InChI is InChI=1S/C24H21NO/c1-2-4-17(5-3-1)12-18-6-9-23-22(13-18)15-24(26-23)20-7-8-21-16-25-11-10-19(21)14-20/h1-9,13-15,25H,10-12,16H2. The molecule has 0 bridgehead atoms. The summed E-state index contributed by atoms with van der Waals surface area (Å²) < 4.78 is 6.13. The van der Waals surface area contributed by atoms with Crippen molar-refractivity contribution in [3.05, 3.63) is 95.1 Å². The molecule has 1 aliphatic heterocycles. The van der Waals surface area contributed by atoms with Gasteiger partial charge in [0, 0.05) is 17.5 Å². The summed E-state index contributed by atoms with van der Waals surface area (Å²) in [6.45, 7) is 2.03. The van der Waals surface area contributed by atoms with E-state index in [4.69, 9.17) is 4.42 Å². The molecule has 0 saturated carbocycles. The second kappa shape index (κ2) is 6.47. The minimum absolute atomic E-state index is 0.948. The molecule has 1 aliphatic rings. The van der Waals surface area contributed by atoms with E-state index in [1.165, 1.54) is 33.2 Å². The maximum Gasteiger partial charge on any atom is 0.135 e. The highest BCUT2D eigenvalue weighted by atomic mass is 16.3. The van der Waals surface area contributed by atoms with Gasteiger partial charge in [0.1, 0.15) is 11.3 Å². The Labute approximate surface area is 153 Å². The van der Waals surface area contributed by atoms with Crippen molar-refractivity contribution in [2.24, 2.45) is 0 Å². The summed E-state index contributed by atoms with van der Waals surface area (Å²) in [5.74, 6) is 0.957. The van der Waals surface area contributed by atoms with E-state index >= 15 is 0 Å². The Morgan fingerprint density at radius 1 is 0.808 bits per heavy atom. The molecule has 0 amide bonds. The van der Waals surface area contributed by atoms with Crippen LogP contribution in [0.15, 0.2) is 77.2 Å². The van der Waals surface area contributed by atoms with Crippen LogP contribution in [0.25, 0.3) is 22.3 Å². The van der Waals surface area contributed by atoms with E-state index < -0.39 is 0 Å². The van der Waals surface area contributed by atoms with Crippen LogP contribution in [0.1, 0.15) is 22.3 Å². The van der Waals surface area contributed by atoms with E-state index in [-0.39, 0.29) is 0 Å². The summed E-state index contributed by atoms with van der Waals surface area (Å²) in [5.41, 5.74) is 7.61. The Balaban J connectivity index is 1.48. The quantitative estimate of drug-likeness (QED) is 0.545. The number of nitrogens with one attached hydrogen (secondary N) is 1. The topological polar surface area (TPSA) is 25.2 Å². The van der Waals surface area contributed by atoms with Crippen molar-refractivity contribution >= 4 is 11.0 Å². The predicted octanol–water partition coefficient (Wildman–Crippen LogP) is 5.34. The fourth-order valence-corrected chi connectivity index (χ4v) is 3.81. The maximum atomic E-state index is 6.13. The van der Waals surface area contributed by atoms with Gasteiger partial charge in [-0.2, -0.15) is 0 Å². The third-order valence-corrected chi connectivity index (χ3v) is 5.21. The fourth-order valence-electron chi connectivity index (χ4n) is 3.81. The smallest absolute Gasteiger partial charge is 0.135 e. The summed E-state index contributed by atoms with van der Waals surface area (Å²) in [6, 6.07) is 26.0. The molecule has 0 saturated heterocycles. The van der Waals surface area contributed by atoms with Crippen LogP contribution in [0.4, 0.5) is 0 Å². The molecule has 0 fully saturated rings. The minimum atomic E-state index is 0.948. The number of hydrogen-bond acceptors (Lipinski definition) is 2. The molecule has 0 radical (unpaired) electrons. The van der Waals surface area contributed by atoms with Crippen molar-refractivity contribution in [3.8, 4) is 11.3 Å². The van der Waals surface area contributed by atoms with Gasteiger partial charge in [0.25, 0.3) is 0 Å². The molecule has 2 heteroatoms. The van der Waals surface area contributed by atoms with Gasteiger partial charge in [-0.25, -0.2) is 0 Å². The Bertz CT molecular complexity index is 1060. The van der Waals surface area contributed by atoms with Crippen LogP contribution in [-0.4, -0.2) is 6.54 Å². The minimum Gasteiger partial charge on any atom is -0.456 e. The maximum absolute atomic E-state index is 6.13. The largest absolute Gasteiger partial charge is 0.456 e. The zero-order valence-corrected chi connectivity index (χ0v) is 14.7. The van der Waals surface area contributed by atoms with Crippen LogP contribution in [0.3, 0.4) is 0 Å². The molecule has 26 heavy (non-hydrogen) atoms. The SMILES string of the molecule is c1ccc(Cc2ccc3oc(-c4ccc5c(c4)CCNC5)cc3c2)cc1. The van der Waals surface area contributed by atoms with E-state index in [2.05, 4.69) is 78.1 Å². The van der Waals surface area contributed by atoms with Crippen molar-refractivity contribution in [1.29, 1.82) is 0 Å². The van der Waals surface area contributed by atoms with Gasteiger partial charge in [-0.05, 0) is 65.9 Å². The third-order valence-electron chi connectivity index (χ3n) is 5.21. The molecule has 2 heterocycles. The molecule has 0 aliphatic carbocycles. The Morgan fingerprint density at radius 2 is 1.73 bits per heavy atom. The van der Waals surface area contributed by atoms with Crippen molar-refractivity contribution in [1.82, 2.24) is 5.32 Å². The van der Waals surface area contributed by atoms with Crippen LogP contribution in [0, 0.1) is 0 Å². The molecular formula is C24H21NO. The van der Waals surface area contributed by atoms with E-state index in [0.29, 0.717) is 0 Å². The zero-order chi connectivity index (χ0) is 17.3. The molecule has 0 spiro atoms. The molecule has 128 valence electrons. The predicted molar refractivity (Wildman–Crippen MR) is 106 cm³/mol. The van der Waals surface area contributed by atoms with Crippen molar-refractivity contribution in [3.63, 3.8) is 0 Å². The molecule has 1 N–H and O–H groups in total. The first kappa shape index (κ1) is 15.4. The second-order valence-electron chi connectivity index (χ2n) is 7.06.